The summed E-state index contributed by atoms with van der Waals surface area (Å²) in [7, 11) is 0. The molecule has 1 atom stereocenters. The minimum absolute atomic E-state index is 0.282. The smallest absolute Gasteiger partial charge is 0.0644 e. The fourth-order valence-corrected chi connectivity index (χ4v) is 0.339. The molecule has 0 rings (SSSR count). The zero-order valence-corrected chi connectivity index (χ0v) is 4.89. The van der Waals surface area contributed by atoms with E-state index in [4.69, 9.17) is 0 Å². The highest BCUT2D eigenvalue weighted by Gasteiger charge is 1.81. The largest absolute Gasteiger partial charge is 0.294 e. The molecule has 0 aliphatic heterocycles. The van der Waals surface area contributed by atoms with Gasteiger partial charge in [0, 0.05) is 0 Å². The quantitative estimate of drug-likeness (QED) is 0.367. The summed E-state index contributed by atoms with van der Waals surface area (Å²) >= 11 is 0. The number of allylic oxidation sites excluding steroid dienone is 1. The predicted octanol–water partition coefficient (Wildman–Crippen LogP) is 1.65. The summed E-state index contributed by atoms with van der Waals surface area (Å²) in [4.78, 5) is 3.74. The lowest BCUT2D eigenvalue weighted by atomic mass is 10.3. The number of nitrogens with zero attached hydrogens (tertiary/aromatic N) is 1. The second kappa shape index (κ2) is 3.59. The molecule has 1 nitrogen and oxygen atoms in total. The van der Waals surface area contributed by atoms with Gasteiger partial charge in [0.2, 0.25) is 0 Å². The van der Waals surface area contributed by atoms with Crippen LogP contribution in [0.4, 0.5) is 0 Å². The molecular formula is C6H11N. The van der Waals surface area contributed by atoms with E-state index in [0.717, 1.165) is 0 Å². The number of hydrogen-bond acceptors (Lipinski definition) is 1. The van der Waals surface area contributed by atoms with Crippen molar-refractivity contribution in [2.45, 2.75) is 19.9 Å². The van der Waals surface area contributed by atoms with E-state index >= 15 is 0 Å². The highest BCUT2D eigenvalue weighted by molar-refractivity contribution is 5.25. The first-order valence-electron chi connectivity index (χ1n) is 2.40. The third kappa shape index (κ3) is 3.23. The molecule has 0 aromatic rings. The molecule has 1 heteroatoms. The van der Waals surface area contributed by atoms with E-state index in [0.29, 0.717) is 0 Å². The van der Waals surface area contributed by atoms with Crippen LogP contribution in [-0.2, 0) is 0 Å². The highest BCUT2D eigenvalue weighted by atomic mass is 14.7. The van der Waals surface area contributed by atoms with Crippen molar-refractivity contribution in [3.8, 4) is 0 Å². The first-order valence-corrected chi connectivity index (χ1v) is 2.40. The molecule has 0 heterocycles. The normalized spacial score (nSPS) is 14.6. The van der Waals surface area contributed by atoms with Gasteiger partial charge in [-0.05, 0) is 20.6 Å². The molecule has 0 saturated heterocycles. The molecule has 0 aliphatic carbocycles. The van der Waals surface area contributed by atoms with Crippen LogP contribution in [0.5, 0.6) is 0 Å². The van der Waals surface area contributed by atoms with E-state index in [1.54, 1.807) is 0 Å². The third-order valence-corrected chi connectivity index (χ3v) is 0.759. The SMILES string of the molecule is C=NC(C)C=CC. The highest BCUT2D eigenvalue weighted by Crippen LogP contribution is 1.86. The second-order valence-electron chi connectivity index (χ2n) is 1.45. The molecule has 0 amide bonds. The van der Waals surface area contributed by atoms with Crippen molar-refractivity contribution >= 4 is 6.72 Å². The molecule has 0 spiro atoms. The summed E-state index contributed by atoms with van der Waals surface area (Å²) in [5.41, 5.74) is 0. The summed E-state index contributed by atoms with van der Waals surface area (Å²) in [6.45, 7) is 7.34. The first kappa shape index (κ1) is 6.41. The number of aliphatic imine (C=N–C) groups is 1. The maximum absolute atomic E-state index is 3.74. The number of hydrogen-bond donors (Lipinski definition) is 0. The zero-order valence-electron chi connectivity index (χ0n) is 4.89. The van der Waals surface area contributed by atoms with E-state index in [9.17, 15) is 0 Å². The lowest BCUT2D eigenvalue weighted by Crippen LogP contribution is -1.87. The molecule has 40 valence electrons. The van der Waals surface area contributed by atoms with Gasteiger partial charge in [0.15, 0.2) is 0 Å². The lowest BCUT2D eigenvalue weighted by molar-refractivity contribution is 0.935. The first-order chi connectivity index (χ1) is 3.31. The molecule has 0 bridgehead atoms. The van der Waals surface area contributed by atoms with Crippen LogP contribution < -0.4 is 0 Å². The Kier molecular flexibility index (Phi) is 3.29. The third-order valence-electron chi connectivity index (χ3n) is 0.759. The molecule has 0 radical (unpaired) electrons. The molecule has 0 fully saturated rings. The van der Waals surface area contributed by atoms with Crippen LogP contribution in [-0.4, -0.2) is 12.8 Å². The zero-order chi connectivity index (χ0) is 5.70. The van der Waals surface area contributed by atoms with Crippen LogP contribution in [0.3, 0.4) is 0 Å². The fourth-order valence-electron chi connectivity index (χ4n) is 0.339. The Morgan fingerprint density at radius 3 is 2.43 bits per heavy atom. The molecule has 7 heavy (non-hydrogen) atoms. The van der Waals surface area contributed by atoms with Gasteiger partial charge in [-0.15, -0.1) is 0 Å². The molecule has 0 aliphatic rings. The van der Waals surface area contributed by atoms with Gasteiger partial charge in [0.05, 0.1) is 6.04 Å². The van der Waals surface area contributed by atoms with Crippen molar-refractivity contribution in [1.82, 2.24) is 0 Å². The van der Waals surface area contributed by atoms with Gasteiger partial charge in [0.1, 0.15) is 0 Å². The van der Waals surface area contributed by atoms with Crippen LogP contribution in [0.15, 0.2) is 17.1 Å². The van der Waals surface area contributed by atoms with Gasteiger partial charge in [-0.1, -0.05) is 12.2 Å². The lowest BCUT2D eigenvalue weighted by Gasteiger charge is -1.90. The van der Waals surface area contributed by atoms with Gasteiger partial charge in [-0.2, -0.15) is 0 Å². The molecule has 0 aromatic carbocycles. The van der Waals surface area contributed by atoms with Gasteiger partial charge in [-0.3, -0.25) is 4.99 Å². The molecular weight excluding hydrogens is 86.1 g/mol. The van der Waals surface area contributed by atoms with Crippen molar-refractivity contribution < 1.29 is 0 Å². The Morgan fingerprint density at radius 2 is 2.29 bits per heavy atom. The van der Waals surface area contributed by atoms with E-state index in [1.807, 2.05) is 26.0 Å². The van der Waals surface area contributed by atoms with Crippen molar-refractivity contribution in [1.29, 1.82) is 0 Å². The van der Waals surface area contributed by atoms with Gasteiger partial charge in [-0.25, -0.2) is 0 Å². The monoisotopic (exact) mass is 97.1 g/mol. The summed E-state index contributed by atoms with van der Waals surface area (Å²) in [6, 6.07) is 0.282. The van der Waals surface area contributed by atoms with E-state index in [2.05, 4.69) is 11.7 Å². The Hall–Kier alpha value is -0.590. The second-order valence-corrected chi connectivity index (χ2v) is 1.45. The molecule has 0 N–H and O–H groups in total. The molecule has 0 aromatic heterocycles. The van der Waals surface area contributed by atoms with Crippen molar-refractivity contribution in [2.24, 2.45) is 4.99 Å². The minimum atomic E-state index is 0.282. The Labute approximate surface area is 44.8 Å². The summed E-state index contributed by atoms with van der Waals surface area (Å²) in [6.07, 6.45) is 3.96. The van der Waals surface area contributed by atoms with Crippen LogP contribution in [0.1, 0.15) is 13.8 Å². The van der Waals surface area contributed by atoms with E-state index in [-0.39, 0.29) is 6.04 Å². The Bertz CT molecular complexity index is 74.2. The van der Waals surface area contributed by atoms with Crippen LogP contribution in [0, 0.1) is 0 Å². The van der Waals surface area contributed by atoms with Gasteiger partial charge >= 0.3 is 0 Å². The summed E-state index contributed by atoms with van der Waals surface area (Å²) in [5, 5.41) is 0. The maximum atomic E-state index is 3.74. The van der Waals surface area contributed by atoms with Crippen molar-refractivity contribution in [3.05, 3.63) is 12.2 Å². The summed E-state index contributed by atoms with van der Waals surface area (Å²) in [5.74, 6) is 0. The van der Waals surface area contributed by atoms with Crippen molar-refractivity contribution in [3.63, 3.8) is 0 Å². The van der Waals surface area contributed by atoms with Crippen molar-refractivity contribution in [2.75, 3.05) is 0 Å². The maximum Gasteiger partial charge on any atom is 0.0644 e. The van der Waals surface area contributed by atoms with Gasteiger partial charge < -0.3 is 0 Å². The Balaban J connectivity index is 3.35. The van der Waals surface area contributed by atoms with E-state index in [1.165, 1.54) is 0 Å². The average Bonchev–Trinajstić information content (AvgIpc) is 1.68. The van der Waals surface area contributed by atoms with Crippen LogP contribution >= 0.6 is 0 Å². The fraction of sp³-hybridized carbons (Fsp3) is 0.500. The predicted molar refractivity (Wildman–Crippen MR) is 33.8 cm³/mol. The average molecular weight is 97.2 g/mol. The Morgan fingerprint density at radius 1 is 1.71 bits per heavy atom. The molecule has 1 unspecified atom stereocenters. The topological polar surface area (TPSA) is 12.4 Å². The summed E-state index contributed by atoms with van der Waals surface area (Å²) < 4.78 is 0. The van der Waals surface area contributed by atoms with E-state index < -0.39 is 0 Å². The minimum Gasteiger partial charge on any atom is -0.294 e. The number of rotatable bonds is 2. The van der Waals surface area contributed by atoms with Gasteiger partial charge in [0.25, 0.3) is 0 Å². The van der Waals surface area contributed by atoms with Crippen LogP contribution in [0.25, 0.3) is 0 Å². The van der Waals surface area contributed by atoms with Crippen LogP contribution in [0.2, 0.25) is 0 Å². The molecule has 0 saturated carbocycles. The standard InChI is InChI=1S/C6H11N/c1-4-5-6(2)7-3/h4-6H,3H2,1-2H3.